The van der Waals surface area contributed by atoms with Gasteiger partial charge in [0.2, 0.25) is 0 Å². The van der Waals surface area contributed by atoms with Crippen molar-refractivity contribution in [2.75, 3.05) is 6.61 Å². The summed E-state index contributed by atoms with van der Waals surface area (Å²) >= 11 is 0. The number of unbranched alkanes of at least 4 members (excludes halogenated alkanes) is 3. The van der Waals surface area contributed by atoms with Crippen molar-refractivity contribution < 1.29 is 9.53 Å². The van der Waals surface area contributed by atoms with Gasteiger partial charge in [-0.25, -0.2) is 0 Å². The van der Waals surface area contributed by atoms with Crippen LogP contribution in [0, 0.1) is 5.92 Å². The Morgan fingerprint density at radius 3 is 2.83 bits per heavy atom. The van der Waals surface area contributed by atoms with Crippen molar-refractivity contribution in [1.29, 1.82) is 0 Å². The van der Waals surface area contributed by atoms with Crippen molar-refractivity contribution in [2.45, 2.75) is 45.4 Å². The van der Waals surface area contributed by atoms with Gasteiger partial charge in [-0.2, -0.15) is 0 Å². The molecule has 0 saturated carbocycles. The lowest BCUT2D eigenvalue weighted by Crippen LogP contribution is -1.98. The van der Waals surface area contributed by atoms with E-state index >= 15 is 0 Å². The number of carbonyl (C=O) groups excluding carboxylic acids is 1. The predicted octanol–water partition coefficient (Wildman–Crippen LogP) is 2.52. The highest BCUT2D eigenvalue weighted by Gasteiger charge is 2.22. The van der Waals surface area contributed by atoms with Crippen molar-refractivity contribution >= 4 is 5.97 Å². The maximum absolute atomic E-state index is 10.7. The number of esters is 1. The molecular weight excluding hydrogens is 152 g/mol. The molecule has 0 aliphatic carbocycles. The Morgan fingerprint density at radius 1 is 1.42 bits per heavy atom. The van der Waals surface area contributed by atoms with Gasteiger partial charge in [0.1, 0.15) is 0 Å². The Kier molecular flexibility index (Phi) is 4.12. The van der Waals surface area contributed by atoms with E-state index in [4.69, 9.17) is 4.74 Å². The molecule has 0 aromatic carbocycles. The van der Waals surface area contributed by atoms with E-state index in [9.17, 15) is 4.79 Å². The Balaban J connectivity index is 1.97. The van der Waals surface area contributed by atoms with Crippen LogP contribution in [0.2, 0.25) is 0 Å². The molecule has 0 aromatic heterocycles. The molecule has 0 radical (unpaired) electrons. The van der Waals surface area contributed by atoms with Crippen LogP contribution in [0.25, 0.3) is 0 Å². The zero-order valence-electron chi connectivity index (χ0n) is 7.84. The highest BCUT2D eigenvalue weighted by Crippen LogP contribution is 2.20. The highest BCUT2D eigenvalue weighted by atomic mass is 16.5. The predicted molar refractivity (Wildman–Crippen MR) is 47.8 cm³/mol. The van der Waals surface area contributed by atoms with Gasteiger partial charge in [-0.15, -0.1) is 0 Å². The highest BCUT2D eigenvalue weighted by molar-refractivity contribution is 5.71. The van der Waals surface area contributed by atoms with E-state index in [0.29, 0.717) is 18.9 Å². The van der Waals surface area contributed by atoms with Crippen LogP contribution in [0.1, 0.15) is 45.4 Å². The van der Waals surface area contributed by atoms with Gasteiger partial charge in [0, 0.05) is 5.92 Å². The summed E-state index contributed by atoms with van der Waals surface area (Å²) in [7, 11) is 0. The van der Waals surface area contributed by atoms with Crippen LogP contribution in [-0.4, -0.2) is 12.6 Å². The third-order valence-corrected chi connectivity index (χ3v) is 2.40. The van der Waals surface area contributed by atoms with E-state index in [1.54, 1.807) is 0 Å². The van der Waals surface area contributed by atoms with Crippen molar-refractivity contribution in [1.82, 2.24) is 0 Å². The summed E-state index contributed by atoms with van der Waals surface area (Å²) in [6, 6.07) is 0. The average molecular weight is 170 g/mol. The van der Waals surface area contributed by atoms with Gasteiger partial charge < -0.3 is 4.74 Å². The number of hydrogen-bond donors (Lipinski definition) is 0. The first-order valence-electron chi connectivity index (χ1n) is 4.98. The quantitative estimate of drug-likeness (QED) is 0.468. The van der Waals surface area contributed by atoms with Crippen LogP contribution >= 0.6 is 0 Å². The van der Waals surface area contributed by atoms with E-state index in [0.717, 1.165) is 0 Å². The molecule has 0 spiro atoms. The van der Waals surface area contributed by atoms with Crippen LogP contribution in [0.3, 0.4) is 0 Å². The summed E-state index contributed by atoms with van der Waals surface area (Å²) in [6.45, 7) is 2.88. The molecule has 1 fully saturated rings. The number of ether oxygens (including phenoxy) is 1. The number of cyclic esters (lactones) is 1. The molecule has 70 valence electrons. The molecule has 1 saturated heterocycles. The Bertz CT molecular complexity index is 143. The summed E-state index contributed by atoms with van der Waals surface area (Å²) in [5.74, 6) is 0.518. The monoisotopic (exact) mass is 170 g/mol. The lowest BCUT2D eigenvalue weighted by Gasteiger charge is -2.03. The SMILES string of the molecule is CCCCCCC1COC(=O)C1. The maximum atomic E-state index is 10.7. The summed E-state index contributed by atoms with van der Waals surface area (Å²) in [4.78, 5) is 10.7. The van der Waals surface area contributed by atoms with Gasteiger partial charge in [0.15, 0.2) is 0 Å². The summed E-state index contributed by atoms with van der Waals surface area (Å²) < 4.78 is 4.88. The van der Waals surface area contributed by atoms with Gasteiger partial charge in [0.25, 0.3) is 0 Å². The minimum atomic E-state index is -0.00417. The zero-order chi connectivity index (χ0) is 8.81. The van der Waals surface area contributed by atoms with E-state index in [1.807, 2.05) is 0 Å². The molecule has 1 aliphatic heterocycles. The van der Waals surface area contributed by atoms with E-state index < -0.39 is 0 Å². The maximum Gasteiger partial charge on any atom is 0.306 e. The second kappa shape index (κ2) is 5.18. The van der Waals surface area contributed by atoms with E-state index in [1.165, 1.54) is 32.1 Å². The molecule has 0 amide bonds. The molecule has 0 bridgehead atoms. The van der Waals surface area contributed by atoms with Gasteiger partial charge >= 0.3 is 5.97 Å². The molecule has 1 unspecified atom stereocenters. The second-order valence-electron chi connectivity index (χ2n) is 3.60. The molecule has 2 heteroatoms. The average Bonchev–Trinajstić information content (AvgIpc) is 2.45. The Labute approximate surface area is 74.3 Å². The van der Waals surface area contributed by atoms with Crippen LogP contribution in [0.15, 0.2) is 0 Å². The van der Waals surface area contributed by atoms with E-state index in [2.05, 4.69) is 6.92 Å². The van der Waals surface area contributed by atoms with Crippen molar-refractivity contribution in [3.63, 3.8) is 0 Å². The van der Waals surface area contributed by atoms with Crippen molar-refractivity contribution in [2.24, 2.45) is 5.92 Å². The first-order chi connectivity index (χ1) is 5.83. The molecule has 1 rings (SSSR count). The molecule has 12 heavy (non-hydrogen) atoms. The van der Waals surface area contributed by atoms with Crippen LogP contribution in [0.5, 0.6) is 0 Å². The fourth-order valence-electron chi connectivity index (χ4n) is 1.61. The Hall–Kier alpha value is -0.530. The van der Waals surface area contributed by atoms with Crippen LogP contribution in [0.4, 0.5) is 0 Å². The second-order valence-corrected chi connectivity index (χ2v) is 3.60. The van der Waals surface area contributed by atoms with Crippen LogP contribution in [-0.2, 0) is 9.53 Å². The zero-order valence-corrected chi connectivity index (χ0v) is 7.84. The van der Waals surface area contributed by atoms with Crippen molar-refractivity contribution in [3.05, 3.63) is 0 Å². The Morgan fingerprint density at radius 2 is 2.25 bits per heavy atom. The summed E-state index contributed by atoms with van der Waals surface area (Å²) in [5.41, 5.74) is 0. The molecule has 0 N–H and O–H groups in total. The topological polar surface area (TPSA) is 26.3 Å². The summed E-state index contributed by atoms with van der Waals surface area (Å²) in [5, 5.41) is 0. The minimum absolute atomic E-state index is 0.00417. The number of carbonyl (C=O) groups is 1. The number of rotatable bonds is 5. The minimum Gasteiger partial charge on any atom is -0.465 e. The largest absolute Gasteiger partial charge is 0.465 e. The first kappa shape index (κ1) is 9.56. The molecule has 1 aliphatic rings. The standard InChI is InChI=1S/C10H18O2/c1-2-3-4-5-6-9-7-10(11)12-8-9/h9H,2-8H2,1H3. The van der Waals surface area contributed by atoms with Gasteiger partial charge in [-0.3, -0.25) is 4.79 Å². The van der Waals surface area contributed by atoms with E-state index in [-0.39, 0.29) is 5.97 Å². The molecule has 0 aromatic rings. The third kappa shape index (κ3) is 3.24. The lowest BCUT2D eigenvalue weighted by molar-refractivity contribution is -0.137. The van der Waals surface area contributed by atoms with Gasteiger partial charge in [0.05, 0.1) is 13.0 Å². The lowest BCUT2D eigenvalue weighted by atomic mass is 10.0. The first-order valence-corrected chi connectivity index (χ1v) is 4.98. The van der Waals surface area contributed by atoms with Gasteiger partial charge in [-0.05, 0) is 6.42 Å². The molecular formula is C10H18O2. The molecule has 2 nitrogen and oxygen atoms in total. The molecule has 1 heterocycles. The molecule has 1 atom stereocenters. The normalized spacial score (nSPS) is 22.8. The fraction of sp³-hybridized carbons (Fsp3) is 0.900. The van der Waals surface area contributed by atoms with Crippen molar-refractivity contribution in [3.8, 4) is 0 Å². The fourth-order valence-corrected chi connectivity index (χ4v) is 1.61. The van der Waals surface area contributed by atoms with Gasteiger partial charge in [-0.1, -0.05) is 32.6 Å². The number of hydrogen-bond acceptors (Lipinski definition) is 2. The smallest absolute Gasteiger partial charge is 0.306 e. The summed E-state index contributed by atoms with van der Waals surface area (Å²) in [6.07, 6.45) is 7.00. The van der Waals surface area contributed by atoms with Crippen LogP contribution < -0.4 is 0 Å². The third-order valence-electron chi connectivity index (χ3n) is 2.40.